The first-order valence-electron chi connectivity index (χ1n) is 11.5. The molecular formula is C30H23BrN4O2. The maximum absolute atomic E-state index is 12.7. The second-order valence-electron chi connectivity index (χ2n) is 8.35. The molecule has 0 unspecified atom stereocenters. The first-order valence-corrected chi connectivity index (χ1v) is 12.3. The third-order valence-electron chi connectivity index (χ3n) is 5.84. The number of halogens is 1. The number of aryl methyl sites for hydroxylation is 1. The van der Waals surface area contributed by atoms with Crippen molar-refractivity contribution in [3.8, 4) is 23.6 Å². The summed E-state index contributed by atoms with van der Waals surface area (Å²) in [6.07, 6.45) is 1.61. The average Bonchev–Trinajstić information content (AvgIpc) is 3.18. The molecule has 1 aromatic heterocycles. The summed E-state index contributed by atoms with van der Waals surface area (Å²) in [4.78, 5) is 12.7. The van der Waals surface area contributed by atoms with Gasteiger partial charge in [0.05, 0.1) is 11.6 Å². The van der Waals surface area contributed by atoms with Crippen molar-refractivity contribution in [1.29, 1.82) is 10.5 Å². The fraction of sp³-hybridized carbons (Fsp3) is 0.100. The summed E-state index contributed by atoms with van der Waals surface area (Å²) in [5, 5.41) is 21.7. The lowest BCUT2D eigenvalue weighted by atomic mass is 10.1. The molecule has 0 atom stereocenters. The van der Waals surface area contributed by atoms with Crippen LogP contribution in [0.4, 0.5) is 5.69 Å². The van der Waals surface area contributed by atoms with E-state index in [1.807, 2.05) is 80.6 Å². The van der Waals surface area contributed by atoms with E-state index in [0.29, 0.717) is 23.6 Å². The highest BCUT2D eigenvalue weighted by molar-refractivity contribution is 9.10. The Morgan fingerprint density at radius 1 is 1.03 bits per heavy atom. The van der Waals surface area contributed by atoms with Crippen LogP contribution in [0.25, 0.3) is 11.8 Å². The Morgan fingerprint density at radius 3 is 2.49 bits per heavy atom. The van der Waals surface area contributed by atoms with Crippen molar-refractivity contribution in [3.63, 3.8) is 0 Å². The zero-order chi connectivity index (χ0) is 26.4. The smallest absolute Gasteiger partial charge is 0.266 e. The Labute approximate surface area is 224 Å². The maximum Gasteiger partial charge on any atom is 0.266 e. The van der Waals surface area contributed by atoms with E-state index in [9.17, 15) is 15.3 Å². The van der Waals surface area contributed by atoms with Crippen LogP contribution in [0.1, 0.15) is 28.1 Å². The van der Waals surface area contributed by atoms with E-state index < -0.39 is 5.91 Å². The summed E-state index contributed by atoms with van der Waals surface area (Å²) in [6, 6.07) is 28.4. The van der Waals surface area contributed by atoms with Crippen molar-refractivity contribution < 1.29 is 9.53 Å². The van der Waals surface area contributed by atoms with Crippen LogP contribution in [0.3, 0.4) is 0 Å². The number of amides is 1. The molecular weight excluding hydrogens is 528 g/mol. The summed E-state index contributed by atoms with van der Waals surface area (Å²) in [7, 11) is 0. The normalized spacial score (nSPS) is 10.9. The molecule has 4 aromatic rings. The minimum atomic E-state index is -0.468. The highest BCUT2D eigenvalue weighted by Crippen LogP contribution is 2.25. The molecule has 6 nitrogen and oxygen atoms in total. The number of nitriles is 2. The topological polar surface area (TPSA) is 90.8 Å². The number of nitrogens with zero attached hydrogens (tertiary/aromatic N) is 3. The number of hydrogen-bond donors (Lipinski definition) is 1. The average molecular weight is 551 g/mol. The van der Waals surface area contributed by atoms with E-state index in [4.69, 9.17) is 4.74 Å². The van der Waals surface area contributed by atoms with E-state index >= 15 is 0 Å². The predicted octanol–water partition coefficient (Wildman–Crippen LogP) is 6.85. The molecule has 182 valence electrons. The molecule has 1 amide bonds. The molecule has 0 saturated heterocycles. The van der Waals surface area contributed by atoms with Crippen LogP contribution in [0.15, 0.2) is 88.9 Å². The SMILES string of the molecule is Cc1cc(/C=C(/C#N)C(=O)Nc2cccc(Br)c2)c(C)n1-c1ccc(OCc2ccccc2C#N)cc1. The number of carbonyl (C=O) groups is 1. The maximum atomic E-state index is 12.7. The molecule has 0 aliphatic rings. The second-order valence-corrected chi connectivity index (χ2v) is 9.26. The Bertz CT molecular complexity index is 1570. The van der Waals surface area contributed by atoms with E-state index in [1.165, 1.54) is 0 Å². The van der Waals surface area contributed by atoms with Crippen LogP contribution in [0, 0.1) is 36.5 Å². The fourth-order valence-corrected chi connectivity index (χ4v) is 4.41. The van der Waals surface area contributed by atoms with Gasteiger partial charge in [0.25, 0.3) is 5.91 Å². The lowest BCUT2D eigenvalue weighted by molar-refractivity contribution is -0.112. The number of aromatic nitrogens is 1. The van der Waals surface area contributed by atoms with Gasteiger partial charge in [0.15, 0.2) is 0 Å². The van der Waals surface area contributed by atoms with Gasteiger partial charge in [-0.1, -0.05) is 40.2 Å². The number of rotatable bonds is 7. The van der Waals surface area contributed by atoms with E-state index in [2.05, 4.69) is 31.9 Å². The number of nitrogens with one attached hydrogen (secondary N) is 1. The Hall–Kier alpha value is -4.59. The van der Waals surface area contributed by atoms with Crippen molar-refractivity contribution in [2.75, 3.05) is 5.32 Å². The molecule has 3 aromatic carbocycles. The molecule has 0 aliphatic heterocycles. The summed E-state index contributed by atoms with van der Waals surface area (Å²) in [5.74, 6) is 0.222. The minimum Gasteiger partial charge on any atom is -0.489 e. The number of anilines is 1. The van der Waals surface area contributed by atoms with Gasteiger partial charge in [-0.3, -0.25) is 4.79 Å². The van der Waals surface area contributed by atoms with Crippen LogP contribution in [-0.2, 0) is 11.4 Å². The molecule has 1 heterocycles. The highest BCUT2D eigenvalue weighted by atomic mass is 79.9. The fourth-order valence-electron chi connectivity index (χ4n) is 4.01. The third-order valence-corrected chi connectivity index (χ3v) is 6.34. The summed E-state index contributed by atoms with van der Waals surface area (Å²) < 4.78 is 8.78. The predicted molar refractivity (Wildman–Crippen MR) is 147 cm³/mol. The molecule has 7 heteroatoms. The van der Waals surface area contributed by atoms with Crippen LogP contribution in [0.2, 0.25) is 0 Å². The van der Waals surface area contributed by atoms with Crippen molar-refractivity contribution in [2.24, 2.45) is 0 Å². The standard InChI is InChI=1S/C30H23BrN4O2/c1-20-14-24(15-25(18-33)30(36)34-27-9-5-8-26(31)16-27)21(2)35(20)28-10-12-29(13-11-28)37-19-23-7-4-3-6-22(23)17-32/h3-16H,19H2,1-2H3,(H,34,36)/b25-15-. The zero-order valence-corrected chi connectivity index (χ0v) is 21.9. The van der Waals surface area contributed by atoms with Crippen molar-refractivity contribution in [1.82, 2.24) is 4.57 Å². The highest BCUT2D eigenvalue weighted by Gasteiger charge is 2.14. The quantitative estimate of drug-likeness (QED) is 0.201. The Kier molecular flexibility index (Phi) is 7.88. The molecule has 0 saturated carbocycles. The largest absolute Gasteiger partial charge is 0.489 e. The second kappa shape index (κ2) is 11.4. The summed E-state index contributed by atoms with van der Waals surface area (Å²) >= 11 is 3.38. The van der Waals surface area contributed by atoms with Crippen molar-refractivity contribution in [2.45, 2.75) is 20.5 Å². The van der Waals surface area contributed by atoms with Gasteiger partial charge in [0.2, 0.25) is 0 Å². The molecule has 1 N–H and O–H groups in total. The lowest BCUT2D eigenvalue weighted by Crippen LogP contribution is -2.13. The van der Waals surface area contributed by atoms with E-state index in [-0.39, 0.29) is 5.57 Å². The van der Waals surface area contributed by atoms with Gasteiger partial charge >= 0.3 is 0 Å². The van der Waals surface area contributed by atoms with Gasteiger partial charge in [-0.2, -0.15) is 10.5 Å². The van der Waals surface area contributed by atoms with E-state index in [1.54, 1.807) is 24.3 Å². The van der Waals surface area contributed by atoms with Gasteiger partial charge in [-0.15, -0.1) is 0 Å². The molecule has 0 aliphatic carbocycles. The van der Waals surface area contributed by atoms with Crippen LogP contribution in [0.5, 0.6) is 5.75 Å². The van der Waals surface area contributed by atoms with Crippen molar-refractivity contribution >= 4 is 33.6 Å². The summed E-state index contributed by atoms with van der Waals surface area (Å²) in [6.45, 7) is 4.23. The lowest BCUT2D eigenvalue weighted by Gasteiger charge is -2.12. The molecule has 0 spiro atoms. The third kappa shape index (κ3) is 5.98. The number of hydrogen-bond acceptors (Lipinski definition) is 4. The minimum absolute atomic E-state index is 0.0154. The first-order chi connectivity index (χ1) is 17.9. The van der Waals surface area contributed by atoms with Crippen LogP contribution in [-0.4, -0.2) is 10.5 Å². The van der Waals surface area contributed by atoms with E-state index in [0.717, 1.165) is 32.7 Å². The van der Waals surface area contributed by atoms with Gasteiger partial charge in [-0.05, 0) is 80.1 Å². The van der Waals surface area contributed by atoms with Crippen LogP contribution < -0.4 is 10.1 Å². The number of benzene rings is 3. The zero-order valence-electron chi connectivity index (χ0n) is 20.3. The van der Waals surface area contributed by atoms with Gasteiger partial charge < -0.3 is 14.6 Å². The summed E-state index contributed by atoms with van der Waals surface area (Å²) in [5.41, 5.74) is 5.62. The Morgan fingerprint density at radius 2 is 1.78 bits per heavy atom. The number of carbonyl (C=O) groups excluding carboxylic acids is 1. The number of ether oxygens (including phenoxy) is 1. The molecule has 37 heavy (non-hydrogen) atoms. The van der Waals surface area contributed by atoms with Crippen molar-refractivity contribution in [3.05, 3.63) is 117 Å². The monoisotopic (exact) mass is 550 g/mol. The van der Waals surface area contributed by atoms with Gasteiger partial charge in [-0.25, -0.2) is 0 Å². The molecule has 0 fully saturated rings. The molecule has 0 radical (unpaired) electrons. The Balaban J connectivity index is 1.52. The molecule has 0 bridgehead atoms. The van der Waals surface area contributed by atoms with Crippen LogP contribution >= 0.6 is 15.9 Å². The molecule has 4 rings (SSSR count). The van der Waals surface area contributed by atoms with Gasteiger partial charge in [0.1, 0.15) is 24.0 Å². The van der Waals surface area contributed by atoms with Gasteiger partial charge in [0, 0.05) is 32.8 Å². The first kappa shape index (κ1) is 25.5.